The third-order valence-corrected chi connectivity index (χ3v) is 3.02. The number of nitrogens with zero attached hydrogens (tertiary/aromatic N) is 1. The molecule has 4 nitrogen and oxygen atoms in total. The van der Waals surface area contributed by atoms with E-state index in [1.54, 1.807) is 56.7 Å². The second-order valence-corrected chi connectivity index (χ2v) is 4.33. The largest absolute Gasteiger partial charge is 0.508 e. The standard InChI is InChI=1S/C17H15NO3/c1-20-16-8-3-12(10-17(16)21-2)9-14(11-18)13-4-6-15(19)7-5-13/h3-10,19H,1-2H3. The number of hydrogen-bond acceptors (Lipinski definition) is 4. The first kappa shape index (κ1) is 14.5. The first-order valence-electron chi connectivity index (χ1n) is 6.31. The third kappa shape index (κ3) is 3.34. The van der Waals surface area contributed by atoms with Crippen molar-refractivity contribution in [2.75, 3.05) is 14.2 Å². The van der Waals surface area contributed by atoms with Crippen LogP contribution in [0.1, 0.15) is 11.1 Å². The Hall–Kier alpha value is -2.93. The second kappa shape index (κ2) is 6.49. The minimum absolute atomic E-state index is 0.169. The molecule has 0 atom stereocenters. The zero-order valence-electron chi connectivity index (χ0n) is 11.8. The molecule has 0 aliphatic heterocycles. The molecule has 0 aliphatic rings. The SMILES string of the molecule is COc1ccc(C=C(C#N)c2ccc(O)cc2)cc1OC. The van der Waals surface area contributed by atoms with Crippen LogP contribution in [0, 0.1) is 11.3 Å². The zero-order chi connectivity index (χ0) is 15.2. The van der Waals surface area contributed by atoms with E-state index in [9.17, 15) is 10.4 Å². The fourth-order valence-electron chi connectivity index (χ4n) is 1.93. The number of ether oxygens (including phenoxy) is 2. The van der Waals surface area contributed by atoms with Crippen LogP contribution in [0.2, 0.25) is 0 Å². The molecule has 0 amide bonds. The van der Waals surface area contributed by atoms with E-state index in [0.29, 0.717) is 17.1 Å². The van der Waals surface area contributed by atoms with Gasteiger partial charge in [0.15, 0.2) is 11.5 Å². The van der Waals surface area contributed by atoms with E-state index in [1.807, 2.05) is 6.07 Å². The topological polar surface area (TPSA) is 62.5 Å². The van der Waals surface area contributed by atoms with E-state index in [-0.39, 0.29) is 5.75 Å². The number of benzene rings is 2. The van der Waals surface area contributed by atoms with Crippen LogP contribution in [0.15, 0.2) is 42.5 Å². The molecule has 2 rings (SSSR count). The fourth-order valence-corrected chi connectivity index (χ4v) is 1.93. The number of hydrogen-bond donors (Lipinski definition) is 1. The number of allylic oxidation sites excluding steroid dienone is 1. The average molecular weight is 281 g/mol. The van der Waals surface area contributed by atoms with Gasteiger partial charge in [-0.1, -0.05) is 6.07 Å². The lowest BCUT2D eigenvalue weighted by Crippen LogP contribution is -1.90. The molecule has 2 aromatic carbocycles. The maximum atomic E-state index is 9.30. The summed E-state index contributed by atoms with van der Waals surface area (Å²) < 4.78 is 10.4. The van der Waals surface area contributed by atoms with Crippen molar-refractivity contribution in [3.8, 4) is 23.3 Å². The van der Waals surface area contributed by atoms with Crippen LogP contribution in [0.3, 0.4) is 0 Å². The molecule has 0 bridgehead atoms. The highest BCUT2D eigenvalue weighted by atomic mass is 16.5. The molecule has 0 spiro atoms. The maximum Gasteiger partial charge on any atom is 0.161 e. The summed E-state index contributed by atoms with van der Waals surface area (Å²) in [6.07, 6.45) is 1.76. The molecule has 0 fully saturated rings. The highest BCUT2D eigenvalue weighted by Crippen LogP contribution is 2.29. The predicted molar refractivity (Wildman–Crippen MR) is 81.1 cm³/mol. The third-order valence-electron chi connectivity index (χ3n) is 3.02. The summed E-state index contributed by atoms with van der Waals surface area (Å²) in [5.41, 5.74) is 2.07. The Bertz CT molecular complexity index is 697. The smallest absolute Gasteiger partial charge is 0.161 e. The molecular formula is C17H15NO3. The molecule has 0 saturated heterocycles. The van der Waals surface area contributed by atoms with Gasteiger partial charge in [-0.25, -0.2) is 0 Å². The molecule has 2 aromatic rings. The van der Waals surface area contributed by atoms with Crippen LogP contribution in [0.4, 0.5) is 0 Å². The molecule has 0 aliphatic carbocycles. The van der Waals surface area contributed by atoms with Crippen molar-refractivity contribution in [1.82, 2.24) is 0 Å². The van der Waals surface area contributed by atoms with E-state index in [1.165, 1.54) is 0 Å². The zero-order valence-corrected chi connectivity index (χ0v) is 11.8. The highest BCUT2D eigenvalue weighted by Gasteiger charge is 2.05. The predicted octanol–water partition coefficient (Wildman–Crippen LogP) is 3.47. The van der Waals surface area contributed by atoms with E-state index in [4.69, 9.17) is 9.47 Å². The van der Waals surface area contributed by atoms with Gasteiger partial charge in [0, 0.05) is 0 Å². The van der Waals surface area contributed by atoms with Gasteiger partial charge < -0.3 is 14.6 Å². The summed E-state index contributed by atoms with van der Waals surface area (Å²) in [6, 6.07) is 14.1. The van der Waals surface area contributed by atoms with E-state index in [0.717, 1.165) is 11.1 Å². The summed E-state index contributed by atoms with van der Waals surface area (Å²) in [5, 5.41) is 18.6. The lowest BCUT2D eigenvalue weighted by molar-refractivity contribution is 0.355. The van der Waals surface area contributed by atoms with Crippen molar-refractivity contribution in [2.24, 2.45) is 0 Å². The number of phenols is 1. The number of aromatic hydroxyl groups is 1. The Kier molecular flexibility index (Phi) is 4.47. The molecule has 0 saturated carbocycles. The van der Waals surface area contributed by atoms with E-state index < -0.39 is 0 Å². The van der Waals surface area contributed by atoms with Gasteiger partial charge in [-0.2, -0.15) is 5.26 Å². The molecule has 0 heterocycles. The summed E-state index contributed by atoms with van der Waals surface area (Å²) >= 11 is 0. The molecular weight excluding hydrogens is 266 g/mol. The molecule has 106 valence electrons. The number of methoxy groups -OCH3 is 2. The van der Waals surface area contributed by atoms with Crippen molar-refractivity contribution in [3.05, 3.63) is 53.6 Å². The van der Waals surface area contributed by atoms with E-state index in [2.05, 4.69) is 6.07 Å². The first-order chi connectivity index (χ1) is 10.2. The normalized spacial score (nSPS) is 10.8. The van der Waals surface area contributed by atoms with Crippen molar-refractivity contribution in [1.29, 1.82) is 5.26 Å². The Labute approximate surface area is 123 Å². The summed E-state index contributed by atoms with van der Waals surface area (Å²) in [5.74, 6) is 1.41. The van der Waals surface area contributed by atoms with Crippen LogP contribution < -0.4 is 9.47 Å². The van der Waals surface area contributed by atoms with Crippen molar-refractivity contribution >= 4 is 11.6 Å². The molecule has 0 aromatic heterocycles. The molecule has 0 unspecified atom stereocenters. The Morgan fingerprint density at radius 1 is 1.05 bits per heavy atom. The van der Waals surface area contributed by atoms with Crippen LogP contribution >= 0.6 is 0 Å². The van der Waals surface area contributed by atoms with Gasteiger partial charge in [0.2, 0.25) is 0 Å². The summed E-state index contributed by atoms with van der Waals surface area (Å²) in [6.45, 7) is 0. The maximum absolute atomic E-state index is 9.30. The van der Waals surface area contributed by atoms with Gasteiger partial charge in [-0.3, -0.25) is 0 Å². The van der Waals surface area contributed by atoms with Gasteiger partial charge >= 0.3 is 0 Å². The highest BCUT2D eigenvalue weighted by molar-refractivity contribution is 5.89. The van der Waals surface area contributed by atoms with Crippen LogP contribution in [0.5, 0.6) is 17.2 Å². The van der Waals surface area contributed by atoms with Gasteiger partial charge in [-0.15, -0.1) is 0 Å². The lowest BCUT2D eigenvalue weighted by atomic mass is 10.0. The number of nitriles is 1. The molecule has 21 heavy (non-hydrogen) atoms. The van der Waals surface area contributed by atoms with E-state index >= 15 is 0 Å². The molecule has 0 radical (unpaired) electrons. The van der Waals surface area contributed by atoms with Gasteiger partial charge in [0.05, 0.1) is 25.9 Å². The Morgan fingerprint density at radius 3 is 2.29 bits per heavy atom. The molecule has 4 heteroatoms. The Balaban J connectivity index is 2.41. The Morgan fingerprint density at radius 2 is 1.71 bits per heavy atom. The number of rotatable bonds is 4. The quantitative estimate of drug-likeness (QED) is 0.688. The molecule has 1 N–H and O–H groups in total. The second-order valence-electron chi connectivity index (χ2n) is 4.33. The van der Waals surface area contributed by atoms with Gasteiger partial charge in [-0.05, 0) is 53.6 Å². The van der Waals surface area contributed by atoms with Crippen molar-refractivity contribution in [2.45, 2.75) is 0 Å². The minimum Gasteiger partial charge on any atom is -0.508 e. The monoisotopic (exact) mass is 281 g/mol. The van der Waals surface area contributed by atoms with Crippen LogP contribution in [-0.4, -0.2) is 19.3 Å². The average Bonchev–Trinajstić information content (AvgIpc) is 2.53. The van der Waals surface area contributed by atoms with Gasteiger partial charge in [0.25, 0.3) is 0 Å². The fraction of sp³-hybridized carbons (Fsp3) is 0.118. The van der Waals surface area contributed by atoms with Crippen molar-refractivity contribution < 1.29 is 14.6 Å². The lowest BCUT2D eigenvalue weighted by Gasteiger charge is -2.08. The first-order valence-corrected chi connectivity index (χ1v) is 6.31. The minimum atomic E-state index is 0.169. The summed E-state index contributed by atoms with van der Waals surface area (Å²) in [7, 11) is 3.14. The van der Waals surface area contributed by atoms with Crippen molar-refractivity contribution in [3.63, 3.8) is 0 Å². The van der Waals surface area contributed by atoms with Crippen LogP contribution in [-0.2, 0) is 0 Å². The summed E-state index contributed by atoms with van der Waals surface area (Å²) in [4.78, 5) is 0. The van der Waals surface area contributed by atoms with Crippen LogP contribution in [0.25, 0.3) is 11.6 Å². The van der Waals surface area contributed by atoms with Gasteiger partial charge in [0.1, 0.15) is 5.75 Å². The number of phenolic OH excluding ortho intramolecular Hbond substituents is 1.